The lowest BCUT2D eigenvalue weighted by molar-refractivity contribution is -0.168. The molecule has 2 aromatic rings. The van der Waals surface area contributed by atoms with Gasteiger partial charge < -0.3 is 4.84 Å². The Morgan fingerprint density at radius 3 is 2.08 bits per heavy atom. The van der Waals surface area contributed by atoms with Gasteiger partial charge in [0, 0.05) is 0 Å². The summed E-state index contributed by atoms with van der Waals surface area (Å²) in [6, 6.07) is 14.3. The molecule has 24 heavy (non-hydrogen) atoms. The Hall–Kier alpha value is -2.95. The molecule has 5 heteroatoms. The zero-order chi connectivity index (χ0) is 17.3. The monoisotopic (exact) mass is 323 g/mol. The molecule has 5 nitrogen and oxygen atoms in total. The first-order valence-electron chi connectivity index (χ1n) is 7.72. The fourth-order valence-corrected chi connectivity index (χ4v) is 2.65. The molecule has 0 saturated carbocycles. The first kappa shape index (κ1) is 15.9. The minimum atomic E-state index is -0.613. The number of imide groups is 1. The zero-order valence-corrected chi connectivity index (χ0v) is 13.5. The number of hydrogen-bond donors (Lipinski definition) is 0. The van der Waals surface area contributed by atoms with Crippen LogP contribution in [0.5, 0.6) is 0 Å². The Labute approximate surface area is 139 Å². The van der Waals surface area contributed by atoms with Crippen LogP contribution in [0.15, 0.2) is 48.5 Å². The SMILES string of the molecule is Cc1ccc(C(C)CC(=O)ON2C(=O)c3ccccc3C2=O)cc1. The lowest BCUT2D eigenvalue weighted by atomic mass is 9.97. The van der Waals surface area contributed by atoms with Crippen LogP contribution >= 0.6 is 0 Å². The number of rotatable bonds is 4. The average Bonchev–Trinajstić information content (AvgIpc) is 2.81. The van der Waals surface area contributed by atoms with E-state index in [2.05, 4.69) is 0 Å². The second kappa shape index (κ2) is 6.28. The molecule has 0 bridgehead atoms. The second-order valence-corrected chi connectivity index (χ2v) is 5.93. The fourth-order valence-electron chi connectivity index (χ4n) is 2.65. The molecule has 1 heterocycles. The van der Waals surface area contributed by atoms with Crippen LogP contribution in [0.1, 0.15) is 51.1 Å². The molecule has 0 fully saturated rings. The van der Waals surface area contributed by atoms with E-state index < -0.39 is 17.8 Å². The van der Waals surface area contributed by atoms with E-state index in [9.17, 15) is 14.4 Å². The first-order chi connectivity index (χ1) is 11.5. The summed E-state index contributed by atoms with van der Waals surface area (Å²) in [5.41, 5.74) is 2.64. The zero-order valence-electron chi connectivity index (χ0n) is 13.5. The molecule has 1 aliphatic rings. The lowest BCUT2D eigenvalue weighted by Crippen LogP contribution is -2.33. The number of nitrogens with zero attached hydrogens (tertiary/aromatic N) is 1. The van der Waals surface area contributed by atoms with Gasteiger partial charge >= 0.3 is 5.97 Å². The molecule has 1 unspecified atom stereocenters. The number of carbonyl (C=O) groups is 3. The van der Waals surface area contributed by atoms with Gasteiger partial charge in [0.15, 0.2) is 0 Å². The Morgan fingerprint density at radius 1 is 1.00 bits per heavy atom. The predicted molar refractivity (Wildman–Crippen MR) is 87.2 cm³/mol. The van der Waals surface area contributed by atoms with Crippen molar-refractivity contribution in [3.05, 3.63) is 70.8 Å². The highest BCUT2D eigenvalue weighted by atomic mass is 16.7. The second-order valence-electron chi connectivity index (χ2n) is 5.93. The van der Waals surface area contributed by atoms with Crippen molar-refractivity contribution in [3.8, 4) is 0 Å². The third kappa shape index (κ3) is 2.93. The van der Waals surface area contributed by atoms with E-state index in [-0.39, 0.29) is 23.5 Å². The summed E-state index contributed by atoms with van der Waals surface area (Å²) in [7, 11) is 0. The highest BCUT2D eigenvalue weighted by molar-refractivity contribution is 6.20. The van der Waals surface area contributed by atoms with Crippen LogP contribution in [0.2, 0.25) is 0 Å². The first-order valence-corrected chi connectivity index (χ1v) is 7.72. The maximum absolute atomic E-state index is 12.2. The molecule has 3 rings (SSSR count). The molecular weight excluding hydrogens is 306 g/mol. The summed E-state index contributed by atoms with van der Waals surface area (Å²) in [6.07, 6.45) is 0.0798. The highest BCUT2D eigenvalue weighted by Crippen LogP contribution is 2.24. The predicted octanol–water partition coefficient (Wildman–Crippen LogP) is 3.24. The van der Waals surface area contributed by atoms with E-state index in [0.29, 0.717) is 5.06 Å². The fraction of sp³-hybridized carbons (Fsp3) is 0.211. The Bertz CT molecular complexity index is 775. The summed E-state index contributed by atoms with van der Waals surface area (Å²) >= 11 is 0. The van der Waals surface area contributed by atoms with Crippen LogP contribution in [0, 0.1) is 6.92 Å². The Balaban J connectivity index is 1.66. The summed E-state index contributed by atoms with van der Waals surface area (Å²) in [6.45, 7) is 3.89. The van der Waals surface area contributed by atoms with Crippen LogP contribution < -0.4 is 0 Å². The molecule has 2 aromatic carbocycles. The molecule has 1 atom stereocenters. The van der Waals surface area contributed by atoms with Crippen molar-refractivity contribution in [2.45, 2.75) is 26.2 Å². The molecule has 1 aliphatic heterocycles. The standard InChI is InChI=1S/C19H17NO4/c1-12-7-9-14(10-8-12)13(2)11-17(21)24-20-18(22)15-5-3-4-6-16(15)19(20)23/h3-10,13H,11H2,1-2H3. The van der Waals surface area contributed by atoms with Crippen LogP contribution in [-0.4, -0.2) is 22.8 Å². The number of aryl methyl sites for hydroxylation is 1. The van der Waals surface area contributed by atoms with Crippen molar-refractivity contribution in [2.24, 2.45) is 0 Å². The van der Waals surface area contributed by atoms with E-state index in [1.165, 1.54) is 0 Å². The molecule has 0 N–H and O–H groups in total. The Kier molecular flexibility index (Phi) is 4.16. The number of carbonyl (C=O) groups excluding carboxylic acids is 3. The smallest absolute Gasteiger partial charge is 0.330 e. The van der Waals surface area contributed by atoms with Crippen molar-refractivity contribution >= 4 is 17.8 Å². The van der Waals surface area contributed by atoms with Crippen LogP contribution in [0.3, 0.4) is 0 Å². The van der Waals surface area contributed by atoms with E-state index in [4.69, 9.17) is 4.84 Å². The third-order valence-electron chi connectivity index (χ3n) is 4.07. The van der Waals surface area contributed by atoms with Crippen LogP contribution in [0.25, 0.3) is 0 Å². The van der Waals surface area contributed by atoms with Crippen LogP contribution in [0.4, 0.5) is 0 Å². The normalized spacial score (nSPS) is 14.5. The molecular formula is C19H17NO4. The van der Waals surface area contributed by atoms with Gasteiger partial charge in [-0.25, -0.2) is 4.79 Å². The van der Waals surface area contributed by atoms with Crippen molar-refractivity contribution in [1.29, 1.82) is 0 Å². The van der Waals surface area contributed by atoms with Crippen molar-refractivity contribution < 1.29 is 19.2 Å². The maximum Gasteiger partial charge on any atom is 0.333 e. The topological polar surface area (TPSA) is 63.7 Å². The number of hydrogen-bond acceptors (Lipinski definition) is 4. The van der Waals surface area contributed by atoms with Gasteiger partial charge in [0.1, 0.15) is 0 Å². The third-order valence-corrected chi connectivity index (χ3v) is 4.07. The molecule has 0 spiro atoms. The van der Waals surface area contributed by atoms with Gasteiger partial charge in [-0.3, -0.25) is 9.59 Å². The summed E-state index contributed by atoms with van der Waals surface area (Å²) < 4.78 is 0. The van der Waals surface area contributed by atoms with Crippen molar-refractivity contribution in [3.63, 3.8) is 0 Å². The van der Waals surface area contributed by atoms with Gasteiger partial charge in [0.2, 0.25) is 0 Å². The minimum Gasteiger partial charge on any atom is -0.330 e. The molecule has 0 radical (unpaired) electrons. The van der Waals surface area contributed by atoms with Gasteiger partial charge in [-0.15, -0.1) is 0 Å². The van der Waals surface area contributed by atoms with Gasteiger partial charge in [0.05, 0.1) is 17.5 Å². The molecule has 122 valence electrons. The molecule has 2 amide bonds. The van der Waals surface area contributed by atoms with E-state index >= 15 is 0 Å². The number of benzene rings is 2. The molecule has 0 aliphatic carbocycles. The van der Waals surface area contributed by atoms with Gasteiger partial charge in [-0.05, 0) is 30.5 Å². The van der Waals surface area contributed by atoms with E-state index in [1.807, 2.05) is 38.1 Å². The average molecular weight is 323 g/mol. The van der Waals surface area contributed by atoms with Crippen molar-refractivity contribution in [2.75, 3.05) is 0 Å². The molecule has 0 aromatic heterocycles. The summed E-state index contributed by atoms with van der Waals surface area (Å²) in [4.78, 5) is 41.5. The number of hydroxylamine groups is 2. The number of amides is 2. The summed E-state index contributed by atoms with van der Waals surface area (Å²) in [5.74, 6) is -1.90. The quantitative estimate of drug-likeness (QED) is 0.810. The minimum absolute atomic E-state index is 0.0757. The van der Waals surface area contributed by atoms with E-state index in [1.54, 1.807) is 24.3 Å². The maximum atomic E-state index is 12.2. The largest absolute Gasteiger partial charge is 0.333 e. The summed E-state index contributed by atoms with van der Waals surface area (Å²) in [5, 5.41) is 0.550. The van der Waals surface area contributed by atoms with Gasteiger partial charge in [0.25, 0.3) is 11.8 Å². The van der Waals surface area contributed by atoms with E-state index in [0.717, 1.165) is 11.1 Å². The van der Waals surface area contributed by atoms with Gasteiger partial charge in [-0.2, -0.15) is 0 Å². The number of fused-ring (bicyclic) bond motifs is 1. The molecule has 0 saturated heterocycles. The highest BCUT2D eigenvalue weighted by Gasteiger charge is 2.38. The van der Waals surface area contributed by atoms with Crippen molar-refractivity contribution in [1.82, 2.24) is 5.06 Å². The van der Waals surface area contributed by atoms with Crippen LogP contribution in [-0.2, 0) is 9.63 Å². The van der Waals surface area contributed by atoms with Gasteiger partial charge in [-0.1, -0.05) is 53.9 Å². The Morgan fingerprint density at radius 2 is 1.54 bits per heavy atom. The lowest BCUT2D eigenvalue weighted by Gasteiger charge is -2.15.